The van der Waals surface area contributed by atoms with Gasteiger partial charge in [-0.2, -0.15) is 0 Å². The first-order chi connectivity index (χ1) is 8.37. The molecule has 1 atom stereocenters. The molecule has 1 aliphatic rings. The van der Waals surface area contributed by atoms with Gasteiger partial charge in [-0.25, -0.2) is 12.8 Å². The van der Waals surface area contributed by atoms with Crippen LogP contribution < -0.4 is 11.1 Å². The monoisotopic (exact) mass is 292 g/mol. The van der Waals surface area contributed by atoms with Gasteiger partial charge in [-0.15, -0.1) is 0 Å². The fourth-order valence-corrected chi connectivity index (χ4v) is 3.85. The molecule has 18 heavy (non-hydrogen) atoms. The highest BCUT2D eigenvalue weighted by Gasteiger charge is 2.25. The predicted molar refractivity (Wildman–Crippen MR) is 71.1 cm³/mol. The Morgan fingerprint density at radius 1 is 1.44 bits per heavy atom. The lowest BCUT2D eigenvalue weighted by atomic mass is 10.1. The molecule has 0 aromatic heterocycles. The fraction of sp³-hybridized carbons (Fsp3) is 0.455. The van der Waals surface area contributed by atoms with Crippen molar-refractivity contribution < 1.29 is 12.8 Å². The number of hydrogen-bond acceptors (Lipinski definition) is 4. The predicted octanol–water partition coefficient (Wildman–Crippen LogP) is 2.05. The van der Waals surface area contributed by atoms with Gasteiger partial charge in [-0.1, -0.05) is 11.6 Å². The first-order valence-corrected chi connectivity index (χ1v) is 7.79. The third-order valence-corrected chi connectivity index (χ3v) is 5.03. The molecule has 4 nitrogen and oxygen atoms in total. The second kappa shape index (κ2) is 4.93. The lowest BCUT2D eigenvalue weighted by Crippen LogP contribution is -2.35. The third kappa shape index (κ3) is 3.05. The summed E-state index contributed by atoms with van der Waals surface area (Å²) < 4.78 is 36.3. The first-order valence-electron chi connectivity index (χ1n) is 5.59. The van der Waals surface area contributed by atoms with E-state index in [1.165, 1.54) is 12.1 Å². The van der Waals surface area contributed by atoms with Crippen molar-refractivity contribution in [2.45, 2.75) is 18.9 Å². The summed E-state index contributed by atoms with van der Waals surface area (Å²) in [6, 6.07) is 2.28. The van der Waals surface area contributed by atoms with Crippen LogP contribution in [0.15, 0.2) is 12.1 Å². The van der Waals surface area contributed by atoms with Gasteiger partial charge in [0.15, 0.2) is 9.84 Å². The van der Waals surface area contributed by atoms with E-state index in [0.29, 0.717) is 17.8 Å². The van der Waals surface area contributed by atoms with Crippen LogP contribution in [0.4, 0.5) is 15.8 Å². The zero-order valence-electron chi connectivity index (χ0n) is 9.62. The Morgan fingerprint density at radius 2 is 2.17 bits per heavy atom. The van der Waals surface area contributed by atoms with Crippen LogP contribution in [0.25, 0.3) is 0 Å². The van der Waals surface area contributed by atoms with Crippen LogP contribution in [0.2, 0.25) is 5.02 Å². The minimum Gasteiger partial charge on any atom is -0.397 e. The molecule has 1 saturated heterocycles. The van der Waals surface area contributed by atoms with Crippen molar-refractivity contribution in [1.29, 1.82) is 0 Å². The zero-order chi connectivity index (χ0) is 13.3. The Bertz CT molecular complexity index is 562. The van der Waals surface area contributed by atoms with Gasteiger partial charge in [0.2, 0.25) is 0 Å². The van der Waals surface area contributed by atoms with E-state index in [1.54, 1.807) is 0 Å². The minimum atomic E-state index is -3.01. The number of hydrogen-bond donors (Lipinski definition) is 2. The Labute approximate surface area is 110 Å². The van der Waals surface area contributed by atoms with Crippen LogP contribution in [-0.2, 0) is 9.84 Å². The van der Waals surface area contributed by atoms with Crippen LogP contribution in [0.1, 0.15) is 12.8 Å². The summed E-state index contributed by atoms with van der Waals surface area (Å²) in [6.07, 6.45) is 1.33. The molecule has 1 unspecified atom stereocenters. The molecule has 0 spiro atoms. The van der Waals surface area contributed by atoms with E-state index in [0.717, 1.165) is 6.42 Å². The van der Waals surface area contributed by atoms with Gasteiger partial charge in [0.25, 0.3) is 0 Å². The van der Waals surface area contributed by atoms with Crippen LogP contribution in [0.3, 0.4) is 0 Å². The highest BCUT2D eigenvalue weighted by atomic mass is 35.5. The normalized spacial score (nSPS) is 22.7. The first kappa shape index (κ1) is 13.4. The van der Waals surface area contributed by atoms with Crippen molar-refractivity contribution in [1.82, 2.24) is 0 Å². The number of nitrogens with one attached hydrogen (secondary N) is 1. The minimum absolute atomic E-state index is 0.0469. The number of rotatable bonds is 2. The lowest BCUT2D eigenvalue weighted by Gasteiger charge is -2.24. The summed E-state index contributed by atoms with van der Waals surface area (Å²) in [5, 5.41) is 2.92. The van der Waals surface area contributed by atoms with E-state index < -0.39 is 15.7 Å². The molecule has 1 fully saturated rings. The summed E-state index contributed by atoms with van der Waals surface area (Å²) in [5.41, 5.74) is 6.41. The molecular weight excluding hydrogens is 279 g/mol. The van der Waals surface area contributed by atoms with Gasteiger partial charge in [-0.3, -0.25) is 0 Å². The summed E-state index contributed by atoms with van der Waals surface area (Å²) in [4.78, 5) is 0. The van der Waals surface area contributed by atoms with Gasteiger partial charge >= 0.3 is 0 Å². The van der Waals surface area contributed by atoms with E-state index in [9.17, 15) is 12.8 Å². The van der Waals surface area contributed by atoms with E-state index in [4.69, 9.17) is 17.3 Å². The van der Waals surface area contributed by atoms with E-state index in [1.807, 2.05) is 0 Å². The Morgan fingerprint density at radius 3 is 2.83 bits per heavy atom. The lowest BCUT2D eigenvalue weighted by molar-refractivity contribution is 0.562. The Kier molecular flexibility index (Phi) is 3.68. The highest BCUT2D eigenvalue weighted by molar-refractivity contribution is 7.91. The molecule has 1 aliphatic heterocycles. The van der Waals surface area contributed by atoms with Crippen molar-refractivity contribution in [3.8, 4) is 0 Å². The Hall–Kier alpha value is -1.01. The molecule has 0 radical (unpaired) electrons. The average Bonchev–Trinajstić information content (AvgIpc) is 2.24. The molecule has 1 aromatic carbocycles. The molecule has 1 heterocycles. The summed E-state index contributed by atoms with van der Waals surface area (Å²) in [5.74, 6) is -0.307. The van der Waals surface area contributed by atoms with E-state index in [-0.39, 0.29) is 22.6 Å². The SMILES string of the molecule is Nc1cc(Cl)c(F)cc1NC1CCCS(=O)(=O)C1. The van der Waals surface area contributed by atoms with Gasteiger partial charge in [0.05, 0.1) is 27.9 Å². The maximum Gasteiger partial charge on any atom is 0.152 e. The van der Waals surface area contributed by atoms with Crippen LogP contribution in [-0.4, -0.2) is 26.0 Å². The van der Waals surface area contributed by atoms with Gasteiger partial charge in [-0.05, 0) is 18.9 Å². The van der Waals surface area contributed by atoms with Crippen LogP contribution in [0.5, 0.6) is 0 Å². The van der Waals surface area contributed by atoms with Crippen LogP contribution >= 0.6 is 11.6 Å². The number of halogens is 2. The van der Waals surface area contributed by atoms with Crippen molar-refractivity contribution >= 4 is 32.8 Å². The van der Waals surface area contributed by atoms with Crippen molar-refractivity contribution in [3.05, 3.63) is 23.0 Å². The van der Waals surface area contributed by atoms with Crippen molar-refractivity contribution in [3.63, 3.8) is 0 Å². The van der Waals surface area contributed by atoms with Crippen molar-refractivity contribution in [2.75, 3.05) is 22.6 Å². The van der Waals surface area contributed by atoms with E-state index in [2.05, 4.69) is 5.32 Å². The molecule has 0 amide bonds. The number of sulfone groups is 1. The van der Waals surface area contributed by atoms with Gasteiger partial charge in [0.1, 0.15) is 5.82 Å². The molecule has 0 saturated carbocycles. The average molecular weight is 293 g/mol. The van der Waals surface area contributed by atoms with Gasteiger partial charge < -0.3 is 11.1 Å². The number of benzene rings is 1. The van der Waals surface area contributed by atoms with Crippen molar-refractivity contribution in [2.24, 2.45) is 0 Å². The summed E-state index contributed by atoms with van der Waals surface area (Å²) in [6.45, 7) is 0. The molecule has 0 bridgehead atoms. The molecule has 7 heteroatoms. The maximum atomic E-state index is 13.3. The molecule has 2 rings (SSSR count). The molecule has 1 aromatic rings. The third-order valence-electron chi connectivity index (χ3n) is 2.92. The quantitative estimate of drug-likeness (QED) is 0.818. The van der Waals surface area contributed by atoms with E-state index >= 15 is 0 Å². The number of nitrogens with two attached hydrogens (primary N) is 1. The largest absolute Gasteiger partial charge is 0.397 e. The fourth-order valence-electron chi connectivity index (χ4n) is 2.04. The second-order valence-electron chi connectivity index (χ2n) is 4.45. The number of anilines is 2. The molecule has 100 valence electrons. The Balaban J connectivity index is 2.17. The molecule has 3 N–H and O–H groups in total. The second-order valence-corrected chi connectivity index (χ2v) is 7.09. The standard InChI is InChI=1S/C11H14ClFN2O2S/c12-8-4-10(14)11(5-9(8)13)15-7-2-1-3-18(16,17)6-7/h4-5,7,15H,1-3,6,14H2. The zero-order valence-corrected chi connectivity index (χ0v) is 11.2. The summed E-state index contributed by atoms with van der Waals surface area (Å²) >= 11 is 5.60. The van der Waals surface area contributed by atoms with Gasteiger partial charge in [0, 0.05) is 12.1 Å². The maximum absolute atomic E-state index is 13.3. The summed E-state index contributed by atoms with van der Waals surface area (Å²) in [7, 11) is -3.01. The molecule has 0 aliphatic carbocycles. The smallest absolute Gasteiger partial charge is 0.152 e. The van der Waals surface area contributed by atoms with Crippen LogP contribution in [0, 0.1) is 5.82 Å². The highest BCUT2D eigenvalue weighted by Crippen LogP contribution is 2.28. The molecular formula is C11H14ClFN2O2S. The topological polar surface area (TPSA) is 72.2 Å². The number of nitrogen functional groups attached to an aromatic ring is 1.